The topological polar surface area (TPSA) is 144 Å². The van der Waals surface area contributed by atoms with Crippen molar-refractivity contribution in [2.24, 2.45) is 0 Å². The van der Waals surface area contributed by atoms with Crippen LogP contribution in [0.5, 0.6) is 0 Å². The quantitative estimate of drug-likeness (QED) is 0.436. The van der Waals surface area contributed by atoms with Crippen molar-refractivity contribution in [3.05, 3.63) is 64.7 Å². The molecule has 0 atom stereocenters. The van der Waals surface area contributed by atoms with Gasteiger partial charge in [-0.2, -0.15) is 0 Å². The maximum Gasteiger partial charge on any atom is 0.346 e. The van der Waals surface area contributed by atoms with E-state index in [9.17, 15) is 19.2 Å². The van der Waals surface area contributed by atoms with Crippen molar-refractivity contribution in [1.29, 1.82) is 0 Å². The second-order valence-electron chi connectivity index (χ2n) is 4.68. The fraction of sp³-hybridized carbons (Fsp3) is 0. The fourth-order valence-corrected chi connectivity index (χ4v) is 1.94. The highest BCUT2D eigenvalue weighted by atomic mass is 16.6. The Morgan fingerprint density at radius 2 is 1.38 bits per heavy atom. The van der Waals surface area contributed by atoms with Gasteiger partial charge in [0.2, 0.25) is 0 Å². The summed E-state index contributed by atoms with van der Waals surface area (Å²) in [7, 11) is 0. The van der Waals surface area contributed by atoms with Crippen LogP contribution in [0.1, 0.15) is 41.4 Å². The summed E-state index contributed by atoms with van der Waals surface area (Å²) >= 11 is 0. The first-order chi connectivity index (χ1) is 11.3. The molecule has 0 amide bonds. The van der Waals surface area contributed by atoms with E-state index in [0.717, 1.165) is 18.2 Å². The SMILES string of the molecule is Nc1cc(C(=O)O)cc(C(=O)OC(=O)c2ccccc2C(=O)O)c1. The van der Waals surface area contributed by atoms with Gasteiger partial charge < -0.3 is 20.7 Å². The number of ether oxygens (including phenoxy) is 1. The monoisotopic (exact) mass is 329 g/mol. The molecule has 0 saturated carbocycles. The van der Waals surface area contributed by atoms with E-state index in [1.54, 1.807) is 0 Å². The molecule has 4 N–H and O–H groups in total. The van der Waals surface area contributed by atoms with Crippen LogP contribution in [0.3, 0.4) is 0 Å². The number of rotatable bonds is 4. The van der Waals surface area contributed by atoms with Gasteiger partial charge in [0.1, 0.15) is 0 Å². The van der Waals surface area contributed by atoms with E-state index in [4.69, 9.17) is 15.9 Å². The Morgan fingerprint density at radius 1 is 0.792 bits per heavy atom. The number of benzene rings is 2. The highest BCUT2D eigenvalue weighted by Gasteiger charge is 2.21. The summed E-state index contributed by atoms with van der Waals surface area (Å²) in [5, 5.41) is 18.0. The van der Waals surface area contributed by atoms with Crippen molar-refractivity contribution < 1.29 is 34.1 Å². The molecule has 2 aromatic carbocycles. The number of anilines is 1. The third kappa shape index (κ3) is 3.55. The standard InChI is InChI=1S/C16H11NO7/c17-10-6-8(13(18)19)5-9(7-10)15(22)24-16(23)12-4-2-1-3-11(12)14(20)21/h1-7H,17H2,(H,18,19)(H,20,21). The molecule has 0 aromatic heterocycles. The largest absolute Gasteiger partial charge is 0.478 e. The summed E-state index contributed by atoms with van der Waals surface area (Å²) in [5.41, 5.74) is 4.39. The molecule has 8 heteroatoms. The van der Waals surface area contributed by atoms with Gasteiger partial charge in [-0.3, -0.25) is 0 Å². The zero-order chi connectivity index (χ0) is 17.9. The van der Waals surface area contributed by atoms with Gasteiger partial charge in [0.05, 0.1) is 22.3 Å². The molecule has 0 spiro atoms. The summed E-state index contributed by atoms with van der Waals surface area (Å²) in [4.78, 5) is 46.0. The number of carboxylic acid groups (broad SMARTS) is 2. The van der Waals surface area contributed by atoms with Gasteiger partial charge in [-0.1, -0.05) is 12.1 Å². The van der Waals surface area contributed by atoms with Crippen molar-refractivity contribution >= 4 is 29.6 Å². The number of nitrogens with two attached hydrogens (primary N) is 1. The molecule has 0 fully saturated rings. The lowest BCUT2D eigenvalue weighted by atomic mass is 10.1. The van der Waals surface area contributed by atoms with E-state index in [1.807, 2.05) is 0 Å². The highest BCUT2D eigenvalue weighted by Crippen LogP contribution is 2.16. The number of esters is 2. The average Bonchev–Trinajstić information content (AvgIpc) is 2.54. The molecule has 0 radical (unpaired) electrons. The molecular weight excluding hydrogens is 318 g/mol. The molecule has 0 aliphatic heterocycles. The molecule has 8 nitrogen and oxygen atoms in total. The van der Waals surface area contributed by atoms with Gasteiger partial charge in [0.15, 0.2) is 0 Å². The number of nitrogen functional groups attached to an aromatic ring is 1. The molecule has 122 valence electrons. The molecule has 0 unspecified atom stereocenters. The number of carbonyl (C=O) groups is 4. The van der Waals surface area contributed by atoms with Crippen LogP contribution in [-0.2, 0) is 4.74 Å². The highest BCUT2D eigenvalue weighted by molar-refractivity contribution is 6.08. The third-order valence-corrected chi connectivity index (χ3v) is 3.00. The Balaban J connectivity index is 2.29. The number of aromatic carboxylic acids is 2. The Bertz CT molecular complexity index is 857. The first kappa shape index (κ1) is 16.7. The van der Waals surface area contributed by atoms with Crippen LogP contribution in [-0.4, -0.2) is 34.1 Å². The van der Waals surface area contributed by atoms with Gasteiger partial charge in [-0.25, -0.2) is 19.2 Å². The number of hydrogen-bond acceptors (Lipinski definition) is 6. The minimum Gasteiger partial charge on any atom is -0.478 e. The molecule has 0 saturated heterocycles. The summed E-state index contributed by atoms with van der Waals surface area (Å²) in [6.45, 7) is 0. The van der Waals surface area contributed by atoms with E-state index in [0.29, 0.717) is 0 Å². The Labute approximate surface area is 135 Å². The van der Waals surface area contributed by atoms with E-state index < -0.39 is 23.9 Å². The number of hydrogen-bond donors (Lipinski definition) is 3. The predicted octanol–water partition coefficient (Wildman–Crippen LogP) is 1.66. The lowest BCUT2D eigenvalue weighted by molar-refractivity contribution is 0.0392. The first-order valence-corrected chi connectivity index (χ1v) is 6.52. The van der Waals surface area contributed by atoms with E-state index in [2.05, 4.69) is 4.74 Å². The third-order valence-electron chi connectivity index (χ3n) is 3.00. The average molecular weight is 329 g/mol. The molecule has 0 heterocycles. The molecule has 2 aromatic rings. The first-order valence-electron chi connectivity index (χ1n) is 6.52. The molecule has 0 aliphatic rings. The van der Waals surface area contributed by atoms with E-state index >= 15 is 0 Å². The van der Waals surface area contributed by atoms with E-state index in [-0.39, 0.29) is 27.9 Å². The van der Waals surface area contributed by atoms with Crippen LogP contribution < -0.4 is 5.73 Å². The maximum atomic E-state index is 12.0. The second kappa shape index (κ2) is 6.61. The lowest BCUT2D eigenvalue weighted by Crippen LogP contribution is -2.16. The van der Waals surface area contributed by atoms with Gasteiger partial charge in [-0.05, 0) is 30.3 Å². The number of carboxylic acids is 2. The van der Waals surface area contributed by atoms with Crippen LogP contribution in [0, 0.1) is 0 Å². The Morgan fingerprint density at radius 3 is 1.96 bits per heavy atom. The zero-order valence-electron chi connectivity index (χ0n) is 12.1. The second-order valence-corrected chi connectivity index (χ2v) is 4.68. The normalized spacial score (nSPS) is 10.0. The maximum absolute atomic E-state index is 12.0. The van der Waals surface area contributed by atoms with Crippen molar-refractivity contribution in [2.75, 3.05) is 5.73 Å². The Kier molecular flexibility index (Phi) is 4.60. The van der Waals surface area contributed by atoms with Crippen molar-refractivity contribution in [3.8, 4) is 0 Å². The van der Waals surface area contributed by atoms with Crippen LogP contribution >= 0.6 is 0 Å². The summed E-state index contributed by atoms with van der Waals surface area (Å²) in [6.07, 6.45) is 0. The smallest absolute Gasteiger partial charge is 0.346 e. The summed E-state index contributed by atoms with van der Waals surface area (Å²) < 4.78 is 4.61. The van der Waals surface area contributed by atoms with Gasteiger partial charge in [0.25, 0.3) is 0 Å². The Hall–Kier alpha value is -3.68. The van der Waals surface area contributed by atoms with Crippen molar-refractivity contribution in [2.45, 2.75) is 0 Å². The van der Waals surface area contributed by atoms with Gasteiger partial charge in [-0.15, -0.1) is 0 Å². The van der Waals surface area contributed by atoms with Crippen molar-refractivity contribution in [1.82, 2.24) is 0 Å². The lowest BCUT2D eigenvalue weighted by Gasteiger charge is -2.07. The predicted molar refractivity (Wildman–Crippen MR) is 81.0 cm³/mol. The minimum atomic E-state index is -1.35. The molecule has 0 bridgehead atoms. The van der Waals surface area contributed by atoms with Gasteiger partial charge >= 0.3 is 23.9 Å². The van der Waals surface area contributed by atoms with Crippen LogP contribution in [0.25, 0.3) is 0 Å². The van der Waals surface area contributed by atoms with Crippen LogP contribution in [0.15, 0.2) is 42.5 Å². The number of carbonyl (C=O) groups excluding carboxylic acids is 2. The molecular formula is C16H11NO7. The fourth-order valence-electron chi connectivity index (χ4n) is 1.94. The summed E-state index contributed by atoms with van der Waals surface area (Å²) in [6, 6.07) is 8.49. The van der Waals surface area contributed by atoms with Gasteiger partial charge in [0, 0.05) is 5.69 Å². The van der Waals surface area contributed by atoms with Crippen molar-refractivity contribution in [3.63, 3.8) is 0 Å². The van der Waals surface area contributed by atoms with Crippen LogP contribution in [0.4, 0.5) is 5.69 Å². The molecule has 2 rings (SSSR count). The summed E-state index contributed by atoms with van der Waals surface area (Å²) in [5.74, 6) is -4.97. The van der Waals surface area contributed by atoms with E-state index in [1.165, 1.54) is 24.3 Å². The van der Waals surface area contributed by atoms with Crippen LogP contribution in [0.2, 0.25) is 0 Å². The molecule has 24 heavy (non-hydrogen) atoms. The minimum absolute atomic E-state index is 0.000218. The molecule has 0 aliphatic carbocycles. The zero-order valence-corrected chi connectivity index (χ0v) is 12.1.